The van der Waals surface area contributed by atoms with Crippen LogP contribution in [0.3, 0.4) is 0 Å². The number of hydrogen-bond acceptors (Lipinski definition) is 4. The zero-order valence-electron chi connectivity index (χ0n) is 15.2. The maximum absolute atomic E-state index is 13.2. The third-order valence-corrected chi connectivity index (χ3v) is 4.97. The highest BCUT2D eigenvalue weighted by molar-refractivity contribution is 6.39. The summed E-state index contributed by atoms with van der Waals surface area (Å²) in [5, 5.41) is 2.17. The summed E-state index contributed by atoms with van der Waals surface area (Å²) in [4.78, 5) is 40.4. The zero-order chi connectivity index (χ0) is 19.8. The fourth-order valence-electron chi connectivity index (χ4n) is 3.56. The average molecular weight is 379 g/mol. The van der Waals surface area contributed by atoms with E-state index < -0.39 is 23.7 Å². The number of likely N-dealkylation sites (N-methyl/N-ethyl adjacent to an activating group) is 1. The van der Waals surface area contributed by atoms with E-state index in [9.17, 15) is 18.8 Å². The number of barbiturate groups is 1. The van der Waals surface area contributed by atoms with Gasteiger partial charge in [0.25, 0.3) is 11.8 Å². The lowest BCUT2D eigenvalue weighted by molar-refractivity contribution is -0.122. The molecule has 2 aromatic carbocycles. The Morgan fingerprint density at radius 1 is 1.11 bits per heavy atom. The van der Waals surface area contributed by atoms with Gasteiger partial charge in [-0.25, -0.2) is 14.1 Å². The molecule has 1 fully saturated rings. The number of imide groups is 2. The quantitative estimate of drug-likeness (QED) is 0.658. The van der Waals surface area contributed by atoms with Gasteiger partial charge in [-0.2, -0.15) is 0 Å². The van der Waals surface area contributed by atoms with Gasteiger partial charge in [-0.1, -0.05) is 6.07 Å². The van der Waals surface area contributed by atoms with Gasteiger partial charge in [0.15, 0.2) is 0 Å². The number of hydrogen-bond donors (Lipinski definition) is 1. The number of fused-ring (bicyclic) bond motifs is 1. The lowest BCUT2D eigenvalue weighted by atomic mass is 10.0. The van der Waals surface area contributed by atoms with Gasteiger partial charge >= 0.3 is 6.03 Å². The minimum Gasteiger partial charge on any atom is -0.371 e. The van der Waals surface area contributed by atoms with Crippen molar-refractivity contribution in [3.63, 3.8) is 0 Å². The van der Waals surface area contributed by atoms with Crippen LogP contribution in [0.1, 0.15) is 18.1 Å². The highest BCUT2D eigenvalue weighted by Gasteiger charge is 2.36. The Morgan fingerprint density at radius 2 is 1.86 bits per heavy atom. The van der Waals surface area contributed by atoms with E-state index in [4.69, 9.17) is 0 Å². The van der Waals surface area contributed by atoms with Gasteiger partial charge < -0.3 is 4.90 Å². The van der Waals surface area contributed by atoms with Crippen LogP contribution in [-0.4, -0.2) is 30.9 Å². The van der Waals surface area contributed by atoms with Crippen molar-refractivity contribution in [1.82, 2.24) is 5.32 Å². The average Bonchev–Trinajstić information content (AvgIpc) is 3.09. The molecule has 4 amide bonds. The summed E-state index contributed by atoms with van der Waals surface area (Å²) in [5.41, 5.74) is 3.08. The number of urea groups is 1. The second-order valence-corrected chi connectivity index (χ2v) is 6.65. The first kappa shape index (κ1) is 17.9. The van der Waals surface area contributed by atoms with Crippen LogP contribution in [0.2, 0.25) is 0 Å². The molecule has 0 radical (unpaired) electrons. The molecule has 0 bridgehead atoms. The minimum atomic E-state index is -0.855. The number of carbonyl (C=O) groups excluding carboxylic acids is 3. The van der Waals surface area contributed by atoms with Gasteiger partial charge in [0.05, 0.1) is 5.69 Å². The summed E-state index contributed by atoms with van der Waals surface area (Å²) in [6.45, 7) is 3.96. The molecule has 2 aromatic rings. The SMILES string of the molecule is CCN1CCc2cc(/C=C3\C(=O)NC(=O)N(c4ccc(F)cc4)C3=O)ccc21. The Morgan fingerprint density at radius 3 is 2.57 bits per heavy atom. The van der Waals surface area contributed by atoms with Crippen molar-refractivity contribution in [3.05, 3.63) is 65.0 Å². The fraction of sp³-hybridized carbons (Fsp3) is 0.190. The molecule has 0 aromatic heterocycles. The van der Waals surface area contributed by atoms with E-state index in [1.165, 1.54) is 18.2 Å². The van der Waals surface area contributed by atoms with E-state index in [0.717, 1.165) is 47.8 Å². The molecule has 4 rings (SSSR count). The molecule has 6 nitrogen and oxygen atoms in total. The van der Waals surface area contributed by atoms with Crippen LogP contribution < -0.4 is 15.1 Å². The summed E-state index contributed by atoms with van der Waals surface area (Å²) < 4.78 is 13.2. The lowest BCUT2D eigenvalue weighted by Crippen LogP contribution is -2.54. The number of anilines is 2. The normalized spacial score (nSPS) is 17.9. The largest absolute Gasteiger partial charge is 0.371 e. The van der Waals surface area contributed by atoms with Crippen LogP contribution in [-0.2, 0) is 16.0 Å². The number of carbonyl (C=O) groups is 3. The van der Waals surface area contributed by atoms with E-state index in [1.54, 1.807) is 0 Å². The van der Waals surface area contributed by atoms with Crippen LogP contribution in [0.4, 0.5) is 20.6 Å². The van der Waals surface area contributed by atoms with Crippen molar-refractivity contribution in [2.24, 2.45) is 0 Å². The molecule has 0 saturated carbocycles. The standard InChI is InChI=1S/C21H18FN3O3/c1-2-24-10-9-14-11-13(3-8-18(14)24)12-17-19(26)23-21(28)25(20(17)27)16-6-4-15(22)5-7-16/h3-8,11-12H,2,9-10H2,1H3,(H,23,26,28)/b17-12+. The predicted molar refractivity (Wildman–Crippen MR) is 103 cm³/mol. The summed E-state index contributed by atoms with van der Waals surface area (Å²) >= 11 is 0. The molecule has 0 spiro atoms. The van der Waals surface area contributed by atoms with Crippen LogP contribution >= 0.6 is 0 Å². The Bertz CT molecular complexity index is 1010. The Labute approximate surface area is 161 Å². The topological polar surface area (TPSA) is 69.7 Å². The summed E-state index contributed by atoms with van der Waals surface area (Å²) in [6.07, 6.45) is 2.38. The van der Waals surface area contributed by atoms with Crippen LogP contribution in [0, 0.1) is 5.82 Å². The number of nitrogens with zero attached hydrogens (tertiary/aromatic N) is 2. The van der Waals surface area contributed by atoms with Gasteiger partial charge in [0.1, 0.15) is 11.4 Å². The van der Waals surface area contributed by atoms with Crippen LogP contribution in [0.5, 0.6) is 0 Å². The molecule has 0 unspecified atom stereocenters. The molecule has 7 heteroatoms. The highest BCUT2D eigenvalue weighted by Crippen LogP contribution is 2.30. The smallest absolute Gasteiger partial charge is 0.335 e. The molecule has 28 heavy (non-hydrogen) atoms. The van der Waals surface area contributed by atoms with Gasteiger partial charge in [-0.15, -0.1) is 0 Å². The summed E-state index contributed by atoms with van der Waals surface area (Å²) in [5.74, 6) is -1.97. The van der Waals surface area contributed by atoms with Crippen LogP contribution in [0.25, 0.3) is 6.08 Å². The molecule has 2 aliphatic rings. The van der Waals surface area contributed by atoms with Gasteiger partial charge in [-0.3, -0.25) is 14.9 Å². The fourth-order valence-corrected chi connectivity index (χ4v) is 3.56. The monoisotopic (exact) mass is 379 g/mol. The number of benzene rings is 2. The van der Waals surface area contributed by atoms with Crippen molar-refractivity contribution < 1.29 is 18.8 Å². The molecule has 1 saturated heterocycles. The Balaban J connectivity index is 1.68. The number of rotatable bonds is 3. The van der Waals surface area contributed by atoms with Crippen molar-refractivity contribution in [2.75, 3.05) is 22.9 Å². The van der Waals surface area contributed by atoms with Crippen molar-refractivity contribution in [1.29, 1.82) is 0 Å². The van der Waals surface area contributed by atoms with Gasteiger partial charge in [0.2, 0.25) is 0 Å². The Kier molecular flexibility index (Phi) is 4.43. The maximum Gasteiger partial charge on any atom is 0.335 e. The summed E-state index contributed by atoms with van der Waals surface area (Å²) in [7, 11) is 0. The van der Waals surface area contributed by atoms with Gasteiger partial charge in [-0.05, 0) is 66.9 Å². The molecule has 2 aliphatic heterocycles. The number of nitrogens with one attached hydrogen (secondary N) is 1. The van der Waals surface area contributed by atoms with Crippen molar-refractivity contribution in [3.8, 4) is 0 Å². The third-order valence-electron chi connectivity index (χ3n) is 4.97. The highest BCUT2D eigenvalue weighted by atomic mass is 19.1. The van der Waals surface area contributed by atoms with Gasteiger partial charge in [0, 0.05) is 18.8 Å². The van der Waals surface area contributed by atoms with E-state index >= 15 is 0 Å². The van der Waals surface area contributed by atoms with E-state index in [2.05, 4.69) is 17.1 Å². The summed E-state index contributed by atoms with van der Waals surface area (Å²) in [6, 6.07) is 9.85. The molecular formula is C21H18FN3O3. The molecule has 1 N–H and O–H groups in total. The zero-order valence-corrected chi connectivity index (χ0v) is 15.2. The molecule has 0 atom stereocenters. The Hall–Kier alpha value is -3.48. The van der Waals surface area contributed by atoms with Crippen molar-refractivity contribution >= 4 is 35.3 Å². The first-order chi connectivity index (χ1) is 13.5. The van der Waals surface area contributed by atoms with Crippen molar-refractivity contribution in [2.45, 2.75) is 13.3 Å². The first-order valence-corrected chi connectivity index (χ1v) is 9.03. The lowest BCUT2D eigenvalue weighted by Gasteiger charge is -2.26. The third kappa shape index (κ3) is 3.05. The molecule has 0 aliphatic carbocycles. The maximum atomic E-state index is 13.2. The number of amides is 4. The predicted octanol–water partition coefficient (Wildman–Crippen LogP) is 2.87. The van der Waals surface area contributed by atoms with E-state index in [-0.39, 0.29) is 11.3 Å². The molecule has 142 valence electrons. The molecule has 2 heterocycles. The second-order valence-electron chi connectivity index (χ2n) is 6.65. The van der Waals surface area contributed by atoms with E-state index in [0.29, 0.717) is 5.56 Å². The number of halogens is 1. The molecular weight excluding hydrogens is 361 g/mol. The second kappa shape index (κ2) is 6.92. The van der Waals surface area contributed by atoms with E-state index in [1.807, 2.05) is 18.2 Å². The van der Waals surface area contributed by atoms with Crippen LogP contribution in [0.15, 0.2) is 48.0 Å². The minimum absolute atomic E-state index is 0.144. The first-order valence-electron chi connectivity index (χ1n) is 9.03.